The number of halogens is 1. The second-order valence-corrected chi connectivity index (χ2v) is 14.1. The molecule has 5 heterocycles. The third kappa shape index (κ3) is 6.59. The second kappa shape index (κ2) is 11.0. The minimum absolute atomic E-state index is 0.0487. The number of rotatable bonds is 10. The van der Waals surface area contributed by atoms with Gasteiger partial charge in [-0.25, -0.2) is 22.8 Å². The summed E-state index contributed by atoms with van der Waals surface area (Å²) in [6.07, 6.45) is 5.86. The number of piperidine rings is 1. The van der Waals surface area contributed by atoms with E-state index in [1.54, 1.807) is 30.9 Å². The second-order valence-electron chi connectivity index (χ2n) is 12.0. The first-order chi connectivity index (χ1) is 18.4. The molecular formula is C26H41FN8O3S. The third-order valence-electron chi connectivity index (χ3n) is 8.11. The Balaban J connectivity index is 1.14. The van der Waals surface area contributed by atoms with Gasteiger partial charge in [-0.1, -0.05) is 0 Å². The van der Waals surface area contributed by atoms with E-state index >= 15 is 4.39 Å². The molecule has 0 radical (unpaired) electrons. The molecule has 13 heteroatoms. The number of hydrogen-bond acceptors (Lipinski definition) is 9. The Morgan fingerprint density at radius 3 is 2.67 bits per heavy atom. The fraction of sp³-hybridized carbons (Fsp3) is 0.731. The standard InChI is InChI=1S/C26H41FN8O3S/c1-18-11-28-25(31-24(18)19-12-29-34(13-19)17-26(2,3)36)30-23-6-8-35(16-22(23)27)39(37,38)9-5-7-33-15-20-10-21(33)14-32(20)4/h11-13,20-23,36H,5-10,14-17H2,1-4H3,(H,28,30,31)/t20-,21-,22+,23-/m0/s1. The minimum atomic E-state index is -3.52. The maximum absolute atomic E-state index is 15.2. The average molecular weight is 565 g/mol. The minimum Gasteiger partial charge on any atom is -0.389 e. The highest BCUT2D eigenvalue weighted by atomic mass is 32.2. The van der Waals surface area contributed by atoms with E-state index in [1.165, 1.54) is 10.7 Å². The van der Waals surface area contributed by atoms with Crippen molar-refractivity contribution in [3.05, 3.63) is 24.2 Å². The van der Waals surface area contributed by atoms with Crippen LogP contribution in [0.25, 0.3) is 11.3 Å². The molecule has 0 aromatic carbocycles. The molecule has 0 spiro atoms. The number of hydrogen-bond donors (Lipinski definition) is 2. The first-order valence-electron chi connectivity index (χ1n) is 13.8. The Morgan fingerprint density at radius 1 is 1.21 bits per heavy atom. The lowest BCUT2D eigenvalue weighted by Gasteiger charge is -2.35. The van der Waals surface area contributed by atoms with Crippen LogP contribution in [0.5, 0.6) is 0 Å². The van der Waals surface area contributed by atoms with E-state index in [-0.39, 0.29) is 18.8 Å². The van der Waals surface area contributed by atoms with Gasteiger partial charge in [0.2, 0.25) is 16.0 Å². The lowest BCUT2D eigenvalue weighted by Crippen LogP contribution is -2.50. The number of aryl methyl sites for hydroxylation is 1. The van der Waals surface area contributed by atoms with Crippen molar-refractivity contribution in [2.75, 3.05) is 50.8 Å². The molecule has 0 amide bonds. The van der Waals surface area contributed by atoms with Crippen molar-refractivity contribution in [2.24, 2.45) is 0 Å². The number of likely N-dealkylation sites (N-methyl/N-ethyl adjacent to an activating group) is 1. The van der Waals surface area contributed by atoms with E-state index in [0.717, 1.165) is 30.8 Å². The van der Waals surface area contributed by atoms with Gasteiger partial charge in [0.1, 0.15) is 6.17 Å². The molecular weight excluding hydrogens is 523 g/mol. The number of fused-ring (bicyclic) bond motifs is 2. The lowest BCUT2D eigenvalue weighted by atomic mass is 10.1. The molecule has 0 saturated carbocycles. The van der Waals surface area contributed by atoms with E-state index < -0.39 is 27.8 Å². The number of sulfonamides is 1. The molecule has 2 N–H and O–H groups in total. The highest BCUT2D eigenvalue weighted by molar-refractivity contribution is 7.89. The highest BCUT2D eigenvalue weighted by Crippen LogP contribution is 2.29. The van der Waals surface area contributed by atoms with Crippen LogP contribution in [0.1, 0.15) is 38.7 Å². The summed E-state index contributed by atoms with van der Waals surface area (Å²) >= 11 is 0. The van der Waals surface area contributed by atoms with E-state index in [2.05, 4.69) is 37.2 Å². The number of nitrogens with zero attached hydrogens (tertiary/aromatic N) is 7. The van der Waals surface area contributed by atoms with Gasteiger partial charge in [0.05, 0.1) is 35.8 Å². The Hall–Kier alpha value is -2.19. The van der Waals surface area contributed by atoms with Gasteiger partial charge >= 0.3 is 0 Å². The summed E-state index contributed by atoms with van der Waals surface area (Å²) in [5.41, 5.74) is 1.38. The van der Waals surface area contributed by atoms with Gasteiger partial charge in [0.15, 0.2) is 0 Å². The first-order valence-corrected chi connectivity index (χ1v) is 15.4. The topological polar surface area (TPSA) is 120 Å². The predicted molar refractivity (Wildman–Crippen MR) is 148 cm³/mol. The highest BCUT2D eigenvalue weighted by Gasteiger charge is 2.41. The van der Waals surface area contributed by atoms with E-state index in [9.17, 15) is 13.5 Å². The van der Waals surface area contributed by atoms with Gasteiger partial charge in [-0.15, -0.1) is 0 Å². The molecule has 0 aliphatic carbocycles. The zero-order chi connectivity index (χ0) is 27.9. The van der Waals surface area contributed by atoms with Crippen LogP contribution in [0.2, 0.25) is 0 Å². The van der Waals surface area contributed by atoms with Gasteiger partial charge in [0, 0.05) is 56.2 Å². The van der Waals surface area contributed by atoms with Crippen molar-refractivity contribution in [3.63, 3.8) is 0 Å². The van der Waals surface area contributed by atoms with Gasteiger partial charge in [-0.3, -0.25) is 9.58 Å². The van der Waals surface area contributed by atoms with Crippen LogP contribution in [0.4, 0.5) is 10.3 Å². The summed E-state index contributed by atoms with van der Waals surface area (Å²) in [5, 5.41) is 17.5. The van der Waals surface area contributed by atoms with E-state index in [4.69, 9.17) is 0 Å². The fourth-order valence-corrected chi connectivity index (χ4v) is 7.54. The molecule has 5 rings (SSSR count). The maximum atomic E-state index is 15.2. The molecule has 0 unspecified atom stereocenters. The summed E-state index contributed by atoms with van der Waals surface area (Å²) in [6, 6.07) is 0.547. The van der Waals surface area contributed by atoms with Crippen molar-refractivity contribution >= 4 is 16.0 Å². The molecule has 3 aliphatic rings. The summed E-state index contributed by atoms with van der Waals surface area (Å²) in [5.74, 6) is 0.341. The SMILES string of the molecule is Cc1cnc(N[C@H]2CCN(S(=O)(=O)CCCN3C[C@@H]4C[C@H]3CN4C)C[C@H]2F)nc1-c1cnn(CC(C)(C)O)c1. The van der Waals surface area contributed by atoms with Crippen LogP contribution in [0, 0.1) is 6.92 Å². The molecule has 2 aromatic heterocycles. The molecule has 4 atom stereocenters. The number of nitrogens with one attached hydrogen (secondary N) is 1. The predicted octanol–water partition coefficient (Wildman–Crippen LogP) is 1.35. The van der Waals surface area contributed by atoms with E-state index in [0.29, 0.717) is 43.1 Å². The lowest BCUT2D eigenvalue weighted by molar-refractivity contribution is 0.0577. The average Bonchev–Trinajstić information content (AvgIpc) is 3.56. The molecule has 3 aliphatic heterocycles. The molecule has 2 bridgehead atoms. The molecule has 11 nitrogen and oxygen atoms in total. The Bertz CT molecular complexity index is 1260. The summed E-state index contributed by atoms with van der Waals surface area (Å²) in [6.45, 7) is 8.60. The van der Waals surface area contributed by atoms with Crippen LogP contribution >= 0.6 is 0 Å². The van der Waals surface area contributed by atoms with Crippen LogP contribution in [0.3, 0.4) is 0 Å². The van der Waals surface area contributed by atoms with Crippen molar-refractivity contribution in [2.45, 2.75) is 76.5 Å². The zero-order valence-corrected chi connectivity index (χ0v) is 24.1. The van der Waals surface area contributed by atoms with Crippen LogP contribution in [0.15, 0.2) is 18.6 Å². The maximum Gasteiger partial charge on any atom is 0.223 e. The molecule has 3 saturated heterocycles. The van der Waals surface area contributed by atoms with Crippen molar-refractivity contribution < 1.29 is 17.9 Å². The summed E-state index contributed by atoms with van der Waals surface area (Å²) in [7, 11) is -1.37. The zero-order valence-electron chi connectivity index (χ0n) is 23.3. The van der Waals surface area contributed by atoms with E-state index in [1.807, 2.05) is 13.1 Å². The normalized spacial score (nSPS) is 26.9. The number of anilines is 1. The molecule has 216 valence electrons. The number of piperazine rings is 1. The van der Waals surface area contributed by atoms with Gasteiger partial charge in [-0.2, -0.15) is 9.40 Å². The fourth-order valence-electron chi connectivity index (χ4n) is 6.03. The molecule has 39 heavy (non-hydrogen) atoms. The Kier molecular flexibility index (Phi) is 7.99. The Labute approximate surface area is 230 Å². The van der Waals surface area contributed by atoms with Crippen molar-refractivity contribution in [1.29, 1.82) is 0 Å². The quantitative estimate of drug-likeness (QED) is 0.441. The molecule has 3 fully saturated rings. The number of aliphatic hydroxyl groups is 1. The number of aromatic nitrogens is 4. The van der Waals surface area contributed by atoms with Crippen molar-refractivity contribution in [1.82, 2.24) is 33.9 Å². The third-order valence-corrected chi connectivity index (χ3v) is 10.0. The van der Waals surface area contributed by atoms with Crippen molar-refractivity contribution in [3.8, 4) is 11.3 Å². The van der Waals surface area contributed by atoms with Crippen LogP contribution in [-0.4, -0.2) is 123 Å². The monoisotopic (exact) mass is 564 g/mol. The smallest absolute Gasteiger partial charge is 0.223 e. The largest absolute Gasteiger partial charge is 0.389 e. The van der Waals surface area contributed by atoms with Crippen LogP contribution in [-0.2, 0) is 16.6 Å². The van der Waals surface area contributed by atoms with Crippen LogP contribution < -0.4 is 5.32 Å². The Morgan fingerprint density at radius 2 is 2.00 bits per heavy atom. The summed E-state index contributed by atoms with van der Waals surface area (Å²) in [4.78, 5) is 13.7. The summed E-state index contributed by atoms with van der Waals surface area (Å²) < 4.78 is 44.1. The number of alkyl halides is 1. The van der Waals surface area contributed by atoms with Gasteiger partial charge in [0.25, 0.3) is 0 Å². The van der Waals surface area contributed by atoms with Gasteiger partial charge in [-0.05, 0) is 59.2 Å². The first kappa shape index (κ1) is 28.3. The number of likely N-dealkylation sites (tertiary alicyclic amines) is 2. The molecule has 2 aromatic rings. The van der Waals surface area contributed by atoms with Gasteiger partial charge < -0.3 is 15.3 Å².